The SMILES string of the molecule is CCc1nc(CC)n(-c2ncc(Br)cc2CNC2CC2)n1. The molecule has 0 bridgehead atoms. The van der Waals surface area contributed by atoms with E-state index in [-0.39, 0.29) is 0 Å². The Kier molecular flexibility index (Phi) is 4.35. The molecule has 21 heavy (non-hydrogen) atoms. The molecule has 0 spiro atoms. The third-order valence-corrected chi connectivity index (χ3v) is 4.05. The van der Waals surface area contributed by atoms with E-state index in [1.165, 1.54) is 12.8 Å². The minimum atomic E-state index is 0.671. The summed E-state index contributed by atoms with van der Waals surface area (Å²) >= 11 is 3.51. The molecule has 6 heteroatoms. The Morgan fingerprint density at radius 1 is 1.33 bits per heavy atom. The number of aromatic nitrogens is 4. The fourth-order valence-electron chi connectivity index (χ4n) is 2.28. The van der Waals surface area contributed by atoms with Crippen molar-refractivity contribution in [3.05, 3.63) is 33.9 Å². The second-order valence-corrected chi connectivity index (χ2v) is 6.27. The van der Waals surface area contributed by atoms with Crippen molar-refractivity contribution >= 4 is 15.9 Å². The van der Waals surface area contributed by atoms with Gasteiger partial charge in [-0.2, -0.15) is 4.68 Å². The van der Waals surface area contributed by atoms with Gasteiger partial charge >= 0.3 is 0 Å². The molecule has 0 unspecified atom stereocenters. The maximum absolute atomic E-state index is 4.60. The van der Waals surface area contributed by atoms with Crippen LogP contribution in [-0.2, 0) is 19.4 Å². The van der Waals surface area contributed by atoms with E-state index >= 15 is 0 Å². The molecule has 1 N–H and O–H groups in total. The molecular formula is C15H20BrN5. The normalized spacial score (nSPS) is 14.6. The summed E-state index contributed by atoms with van der Waals surface area (Å²) in [7, 11) is 0. The molecule has 2 aromatic rings. The third-order valence-electron chi connectivity index (χ3n) is 3.62. The average molecular weight is 350 g/mol. The summed E-state index contributed by atoms with van der Waals surface area (Å²) in [5, 5.41) is 8.15. The van der Waals surface area contributed by atoms with E-state index in [4.69, 9.17) is 0 Å². The Labute approximate surface area is 133 Å². The molecule has 3 rings (SSSR count). The van der Waals surface area contributed by atoms with Crippen LogP contribution in [0.1, 0.15) is 43.9 Å². The second-order valence-electron chi connectivity index (χ2n) is 5.35. The first-order valence-corrected chi connectivity index (χ1v) is 8.33. The van der Waals surface area contributed by atoms with Gasteiger partial charge in [0.25, 0.3) is 0 Å². The minimum absolute atomic E-state index is 0.671. The van der Waals surface area contributed by atoms with Crippen LogP contribution in [0.4, 0.5) is 0 Å². The zero-order chi connectivity index (χ0) is 14.8. The standard InChI is InChI=1S/C15H20BrN5/c1-3-13-19-14(4-2)21(20-13)15-10(7-11(16)9-18-15)8-17-12-5-6-12/h7,9,12,17H,3-6,8H2,1-2H3. The summed E-state index contributed by atoms with van der Waals surface area (Å²) in [6.45, 7) is 4.99. The van der Waals surface area contributed by atoms with Gasteiger partial charge < -0.3 is 5.32 Å². The number of nitrogens with one attached hydrogen (secondary N) is 1. The molecule has 2 heterocycles. The third kappa shape index (κ3) is 3.32. The molecule has 2 aromatic heterocycles. The van der Waals surface area contributed by atoms with Crippen LogP contribution in [0.15, 0.2) is 16.7 Å². The number of hydrogen-bond donors (Lipinski definition) is 1. The first-order valence-electron chi connectivity index (χ1n) is 7.54. The maximum Gasteiger partial charge on any atom is 0.160 e. The number of nitrogens with zero attached hydrogens (tertiary/aromatic N) is 4. The Bertz CT molecular complexity index is 633. The van der Waals surface area contributed by atoms with Crippen molar-refractivity contribution < 1.29 is 0 Å². The number of pyridine rings is 1. The molecule has 0 saturated heterocycles. The van der Waals surface area contributed by atoms with E-state index in [0.29, 0.717) is 6.04 Å². The molecule has 1 aliphatic carbocycles. The van der Waals surface area contributed by atoms with Crippen LogP contribution in [0.3, 0.4) is 0 Å². The molecule has 0 aliphatic heterocycles. The number of rotatable bonds is 6. The quantitative estimate of drug-likeness (QED) is 0.871. The molecule has 1 saturated carbocycles. The second kappa shape index (κ2) is 6.23. The lowest BCUT2D eigenvalue weighted by atomic mass is 10.2. The molecule has 0 atom stereocenters. The van der Waals surface area contributed by atoms with Gasteiger partial charge in [0.05, 0.1) is 0 Å². The van der Waals surface area contributed by atoms with Crippen molar-refractivity contribution in [2.45, 2.75) is 52.1 Å². The molecular weight excluding hydrogens is 330 g/mol. The van der Waals surface area contributed by atoms with Crippen molar-refractivity contribution in [2.75, 3.05) is 0 Å². The van der Waals surface area contributed by atoms with Crippen LogP contribution in [0, 0.1) is 0 Å². The van der Waals surface area contributed by atoms with Gasteiger partial charge in [0.1, 0.15) is 5.82 Å². The van der Waals surface area contributed by atoms with Crippen molar-refractivity contribution in [2.24, 2.45) is 0 Å². The van der Waals surface area contributed by atoms with E-state index in [1.54, 1.807) is 0 Å². The zero-order valence-electron chi connectivity index (χ0n) is 12.4. The van der Waals surface area contributed by atoms with Crippen molar-refractivity contribution in [1.29, 1.82) is 0 Å². The largest absolute Gasteiger partial charge is 0.310 e. The van der Waals surface area contributed by atoms with E-state index < -0.39 is 0 Å². The van der Waals surface area contributed by atoms with Crippen LogP contribution in [0.25, 0.3) is 5.82 Å². The van der Waals surface area contributed by atoms with Crippen LogP contribution in [0.5, 0.6) is 0 Å². The summed E-state index contributed by atoms with van der Waals surface area (Å²) in [5.74, 6) is 2.72. The Hall–Kier alpha value is -1.27. The van der Waals surface area contributed by atoms with Gasteiger partial charge in [-0.05, 0) is 34.8 Å². The summed E-state index contributed by atoms with van der Waals surface area (Å²) < 4.78 is 2.89. The van der Waals surface area contributed by atoms with Gasteiger partial charge in [-0.25, -0.2) is 9.97 Å². The minimum Gasteiger partial charge on any atom is -0.310 e. The van der Waals surface area contributed by atoms with Crippen LogP contribution >= 0.6 is 15.9 Å². The highest BCUT2D eigenvalue weighted by Crippen LogP contribution is 2.22. The van der Waals surface area contributed by atoms with Gasteiger partial charge in [0.2, 0.25) is 0 Å². The summed E-state index contributed by atoms with van der Waals surface area (Å²) in [6, 6.07) is 2.79. The average Bonchev–Trinajstić information content (AvgIpc) is 3.23. The Morgan fingerprint density at radius 3 is 2.81 bits per heavy atom. The van der Waals surface area contributed by atoms with E-state index in [2.05, 4.69) is 56.2 Å². The number of aryl methyl sites for hydroxylation is 2. The molecule has 0 aromatic carbocycles. The van der Waals surface area contributed by atoms with Gasteiger partial charge in [-0.15, -0.1) is 5.10 Å². The Morgan fingerprint density at radius 2 is 2.14 bits per heavy atom. The van der Waals surface area contributed by atoms with Crippen LogP contribution in [-0.4, -0.2) is 25.8 Å². The number of hydrogen-bond acceptors (Lipinski definition) is 4. The van der Waals surface area contributed by atoms with Crippen LogP contribution < -0.4 is 5.32 Å². The highest BCUT2D eigenvalue weighted by molar-refractivity contribution is 9.10. The molecule has 1 aliphatic rings. The van der Waals surface area contributed by atoms with Gasteiger partial charge in [0, 0.05) is 41.7 Å². The van der Waals surface area contributed by atoms with E-state index in [0.717, 1.165) is 46.9 Å². The predicted octanol–water partition coefficient (Wildman–Crippen LogP) is 2.80. The molecule has 1 fully saturated rings. The fraction of sp³-hybridized carbons (Fsp3) is 0.533. The predicted molar refractivity (Wildman–Crippen MR) is 85.5 cm³/mol. The molecule has 0 radical (unpaired) electrons. The molecule has 0 amide bonds. The highest BCUT2D eigenvalue weighted by atomic mass is 79.9. The smallest absolute Gasteiger partial charge is 0.160 e. The number of halogens is 1. The lowest BCUT2D eigenvalue weighted by Crippen LogP contribution is -2.18. The van der Waals surface area contributed by atoms with Crippen molar-refractivity contribution in [3.8, 4) is 5.82 Å². The topological polar surface area (TPSA) is 55.6 Å². The first-order chi connectivity index (χ1) is 10.2. The van der Waals surface area contributed by atoms with Gasteiger partial charge in [-0.3, -0.25) is 0 Å². The zero-order valence-corrected chi connectivity index (χ0v) is 14.0. The van der Waals surface area contributed by atoms with Crippen molar-refractivity contribution in [3.63, 3.8) is 0 Å². The lowest BCUT2D eigenvalue weighted by molar-refractivity contribution is 0.670. The highest BCUT2D eigenvalue weighted by Gasteiger charge is 2.21. The summed E-state index contributed by atoms with van der Waals surface area (Å²) in [5.41, 5.74) is 1.15. The lowest BCUT2D eigenvalue weighted by Gasteiger charge is -2.11. The molecule has 112 valence electrons. The van der Waals surface area contributed by atoms with E-state index in [1.807, 2.05) is 10.9 Å². The fourth-order valence-corrected chi connectivity index (χ4v) is 2.66. The summed E-state index contributed by atoms with van der Waals surface area (Å²) in [6.07, 6.45) is 6.07. The van der Waals surface area contributed by atoms with Crippen LogP contribution in [0.2, 0.25) is 0 Å². The maximum atomic E-state index is 4.60. The summed E-state index contributed by atoms with van der Waals surface area (Å²) in [4.78, 5) is 9.15. The van der Waals surface area contributed by atoms with Crippen molar-refractivity contribution in [1.82, 2.24) is 25.1 Å². The Balaban J connectivity index is 1.97. The first kappa shape index (κ1) is 14.7. The monoisotopic (exact) mass is 349 g/mol. The van der Waals surface area contributed by atoms with E-state index in [9.17, 15) is 0 Å². The van der Waals surface area contributed by atoms with Gasteiger partial charge in [-0.1, -0.05) is 13.8 Å². The van der Waals surface area contributed by atoms with Gasteiger partial charge in [0.15, 0.2) is 11.6 Å². The molecule has 5 nitrogen and oxygen atoms in total.